The van der Waals surface area contributed by atoms with E-state index in [1.807, 2.05) is 32.9 Å². The summed E-state index contributed by atoms with van der Waals surface area (Å²) >= 11 is 18.1. The molecule has 9 heteroatoms. The molecule has 3 aromatic carbocycles. The number of hydrogen-bond acceptors (Lipinski definition) is 4. The van der Waals surface area contributed by atoms with Crippen LogP contribution >= 0.6 is 34.8 Å². The number of hydrogen-bond donors (Lipinski definition) is 2. The van der Waals surface area contributed by atoms with Gasteiger partial charge in [0.1, 0.15) is 10.7 Å². The van der Waals surface area contributed by atoms with Crippen LogP contribution in [0.4, 0.5) is 17.1 Å². The first kappa shape index (κ1) is 24.8. The smallest absolute Gasteiger partial charge is 0.283 e. The highest BCUT2D eigenvalue weighted by Gasteiger charge is 2.39. The lowest BCUT2D eigenvalue weighted by molar-refractivity contribution is -0.120. The molecule has 0 atom stereocenters. The lowest BCUT2D eigenvalue weighted by atomic mass is 10.0. The monoisotopic (exact) mass is 527 g/mol. The van der Waals surface area contributed by atoms with Gasteiger partial charge in [0, 0.05) is 16.9 Å². The largest absolute Gasteiger partial charge is 0.350 e. The number of anilines is 3. The van der Waals surface area contributed by atoms with Gasteiger partial charge in [-0.2, -0.15) is 0 Å². The Labute approximate surface area is 217 Å². The molecule has 1 heterocycles. The van der Waals surface area contributed by atoms with Gasteiger partial charge in [-0.1, -0.05) is 52.5 Å². The fourth-order valence-electron chi connectivity index (χ4n) is 3.88. The van der Waals surface area contributed by atoms with Gasteiger partial charge >= 0.3 is 0 Å². The second-order valence-corrected chi connectivity index (χ2v) is 9.36. The fraction of sp³-hybridized carbons (Fsp3) is 0.115. The molecule has 35 heavy (non-hydrogen) atoms. The number of imide groups is 1. The third-order valence-electron chi connectivity index (χ3n) is 5.52. The van der Waals surface area contributed by atoms with Gasteiger partial charge in [0.15, 0.2) is 0 Å². The standard InChI is InChI=1S/C26H20Cl3N3O3/c1-13-10-14(2)22(15(3)11-13)31-24(33)16-4-6-17(7-5-16)30-23-21(29)25(34)32(26(23)35)18-8-9-19(27)20(28)12-18/h4-12,30H,1-3H3,(H,31,33). The summed E-state index contributed by atoms with van der Waals surface area (Å²) in [5.41, 5.74) is 4.94. The molecule has 0 aromatic heterocycles. The number of carbonyl (C=O) groups excluding carboxylic acids is 3. The number of rotatable bonds is 5. The fourth-order valence-corrected chi connectivity index (χ4v) is 4.39. The lowest BCUT2D eigenvalue weighted by Crippen LogP contribution is -2.32. The predicted molar refractivity (Wildman–Crippen MR) is 141 cm³/mol. The van der Waals surface area contributed by atoms with Gasteiger partial charge in [0.2, 0.25) is 0 Å². The van der Waals surface area contributed by atoms with Crippen LogP contribution in [0.3, 0.4) is 0 Å². The molecule has 0 radical (unpaired) electrons. The minimum absolute atomic E-state index is 0.0779. The van der Waals surface area contributed by atoms with Gasteiger partial charge in [-0.3, -0.25) is 14.4 Å². The van der Waals surface area contributed by atoms with Crippen molar-refractivity contribution in [3.8, 4) is 0 Å². The van der Waals surface area contributed by atoms with Crippen molar-refractivity contribution in [1.29, 1.82) is 0 Å². The Balaban J connectivity index is 1.50. The molecule has 0 bridgehead atoms. The van der Waals surface area contributed by atoms with E-state index in [4.69, 9.17) is 34.8 Å². The van der Waals surface area contributed by atoms with E-state index in [2.05, 4.69) is 10.6 Å². The molecule has 3 aromatic rings. The van der Waals surface area contributed by atoms with Crippen LogP contribution < -0.4 is 15.5 Å². The molecule has 6 nitrogen and oxygen atoms in total. The SMILES string of the molecule is Cc1cc(C)c(NC(=O)c2ccc(NC3=C(Cl)C(=O)N(c4ccc(Cl)c(Cl)c4)C3=O)cc2)c(C)c1. The van der Waals surface area contributed by atoms with E-state index in [0.717, 1.165) is 27.3 Å². The molecule has 0 saturated carbocycles. The zero-order chi connectivity index (χ0) is 25.4. The van der Waals surface area contributed by atoms with E-state index >= 15 is 0 Å². The zero-order valence-corrected chi connectivity index (χ0v) is 21.3. The van der Waals surface area contributed by atoms with Crippen molar-refractivity contribution in [2.24, 2.45) is 0 Å². The van der Waals surface area contributed by atoms with Crippen molar-refractivity contribution in [1.82, 2.24) is 0 Å². The van der Waals surface area contributed by atoms with Gasteiger partial charge in [0.05, 0.1) is 15.7 Å². The third-order valence-corrected chi connectivity index (χ3v) is 6.61. The normalized spacial score (nSPS) is 13.5. The molecule has 178 valence electrons. The van der Waals surface area contributed by atoms with Gasteiger partial charge < -0.3 is 10.6 Å². The first-order chi connectivity index (χ1) is 16.6. The van der Waals surface area contributed by atoms with E-state index in [9.17, 15) is 14.4 Å². The van der Waals surface area contributed by atoms with Crippen molar-refractivity contribution in [2.45, 2.75) is 20.8 Å². The summed E-state index contributed by atoms with van der Waals surface area (Å²) in [5.74, 6) is -1.58. The maximum atomic E-state index is 13.0. The molecule has 0 aliphatic carbocycles. The summed E-state index contributed by atoms with van der Waals surface area (Å²) in [6.45, 7) is 5.90. The summed E-state index contributed by atoms with van der Waals surface area (Å²) in [6.07, 6.45) is 0. The summed E-state index contributed by atoms with van der Waals surface area (Å²) < 4.78 is 0. The summed E-state index contributed by atoms with van der Waals surface area (Å²) in [5, 5.41) is 6.07. The Kier molecular flexibility index (Phi) is 6.90. The number of benzene rings is 3. The summed E-state index contributed by atoms with van der Waals surface area (Å²) in [6, 6.07) is 14.9. The van der Waals surface area contributed by atoms with Crippen molar-refractivity contribution >= 4 is 69.6 Å². The van der Waals surface area contributed by atoms with Crippen LogP contribution in [0.1, 0.15) is 27.0 Å². The van der Waals surface area contributed by atoms with Crippen LogP contribution in [0.25, 0.3) is 0 Å². The van der Waals surface area contributed by atoms with Crippen LogP contribution in [0.5, 0.6) is 0 Å². The van der Waals surface area contributed by atoms with Crippen molar-refractivity contribution in [3.63, 3.8) is 0 Å². The predicted octanol–water partition coefficient (Wildman–Crippen LogP) is 6.61. The Morgan fingerprint density at radius 3 is 2.03 bits per heavy atom. The number of nitrogens with one attached hydrogen (secondary N) is 2. The van der Waals surface area contributed by atoms with Crippen LogP contribution in [0.2, 0.25) is 10.0 Å². The van der Waals surface area contributed by atoms with Gasteiger partial charge in [-0.25, -0.2) is 4.90 Å². The lowest BCUT2D eigenvalue weighted by Gasteiger charge is -2.16. The van der Waals surface area contributed by atoms with Crippen LogP contribution in [0, 0.1) is 20.8 Å². The highest BCUT2D eigenvalue weighted by molar-refractivity contribution is 6.53. The highest BCUT2D eigenvalue weighted by atomic mass is 35.5. The Hall–Kier alpha value is -3.32. The van der Waals surface area contributed by atoms with Crippen molar-refractivity contribution in [2.75, 3.05) is 15.5 Å². The Bertz CT molecular complexity index is 1390. The molecule has 3 amide bonds. The number of amides is 3. The molecule has 0 unspecified atom stereocenters. The number of carbonyl (C=O) groups is 3. The number of aryl methyl sites for hydroxylation is 3. The first-order valence-corrected chi connectivity index (χ1v) is 11.7. The Morgan fingerprint density at radius 1 is 0.800 bits per heavy atom. The van der Waals surface area contributed by atoms with E-state index in [-0.39, 0.29) is 27.3 Å². The molecule has 0 spiro atoms. The van der Waals surface area contributed by atoms with Crippen molar-refractivity contribution in [3.05, 3.63) is 97.6 Å². The summed E-state index contributed by atoms with van der Waals surface area (Å²) in [7, 11) is 0. The average molecular weight is 529 g/mol. The average Bonchev–Trinajstić information content (AvgIpc) is 3.01. The van der Waals surface area contributed by atoms with Crippen LogP contribution in [-0.2, 0) is 9.59 Å². The van der Waals surface area contributed by atoms with Gasteiger partial charge in [-0.05, 0) is 74.4 Å². The van der Waals surface area contributed by atoms with Crippen LogP contribution in [-0.4, -0.2) is 17.7 Å². The van der Waals surface area contributed by atoms with Crippen LogP contribution in [0.15, 0.2) is 65.3 Å². The second kappa shape index (κ2) is 9.74. The molecular formula is C26H20Cl3N3O3. The Morgan fingerprint density at radius 2 is 1.43 bits per heavy atom. The first-order valence-electron chi connectivity index (χ1n) is 10.6. The second-order valence-electron chi connectivity index (χ2n) is 8.16. The maximum Gasteiger partial charge on any atom is 0.283 e. The van der Waals surface area contributed by atoms with Gasteiger partial charge in [0.25, 0.3) is 17.7 Å². The van der Waals surface area contributed by atoms with Crippen molar-refractivity contribution < 1.29 is 14.4 Å². The zero-order valence-electron chi connectivity index (χ0n) is 19.0. The highest BCUT2D eigenvalue weighted by Crippen LogP contribution is 2.33. The maximum absolute atomic E-state index is 13.0. The van der Waals surface area contributed by atoms with E-state index in [1.165, 1.54) is 18.2 Å². The number of nitrogens with zero attached hydrogens (tertiary/aromatic N) is 1. The van der Waals surface area contributed by atoms with Gasteiger partial charge in [-0.15, -0.1) is 0 Å². The minimum Gasteiger partial charge on any atom is -0.350 e. The minimum atomic E-state index is -0.683. The molecule has 2 N–H and O–H groups in total. The summed E-state index contributed by atoms with van der Waals surface area (Å²) in [4.78, 5) is 39.3. The topological polar surface area (TPSA) is 78.5 Å². The molecular weight excluding hydrogens is 509 g/mol. The third kappa shape index (κ3) is 4.91. The van der Waals surface area contributed by atoms with E-state index < -0.39 is 11.8 Å². The molecule has 1 aliphatic rings. The molecule has 0 fully saturated rings. The number of halogens is 3. The quantitative estimate of drug-likeness (QED) is 0.365. The molecule has 1 aliphatic heterocycles. The molecule has 4 rings (SSSR count). The van der Waals surface area contributed by atoms with E-state index in [1.54, 1.807) is 24.3 Å². The van der Waals surface area contributed by atoms with E-state index in [0.29, 0.717) is 16.3 Å². The molecule has 0 saturated heterocycles.